The predicted molar refractivity (Wildman–Crippen MR) is 35.8 cm³/mol. The van der Waals surface area contributed by atoms with Gasteiger partial charge in [-0.05, 0) is 6.08 Å². The Kier molecular flexibility index (Phi) is 2.51. The lowest BCUT2D eigenvalue weighted by Gasteiger charge is -1.92. The summed E-state index contributed by atoms with van der Waals surface area (Å²) in [5.74, 6) is -0.637. The zero-order chi connectivity index (χ0) is 7.44. The normalized spacial score (nSPS) is 11.0. The highest BCUT2D eigenvalue weighted by molar-refractivity contribution is 5.25. The van der Waals surface area contributed by atoms with E-state index < -0.39 is 5.83 Å². The van der Waals surface area contributed by atoms with E-state index in [-0.39, 0.29) is 11.4 Å². The first kappa shape index (κ1) is 7.75. The van der Waals surface area contributed by atoms with Gasteiger partial charge < -0.3 is 11.5 Å². The summed E-state index contributed by atoms with van der Waals surface area (Å²) in [5, 5.41) is 0. The van der Waals surface area contributed by atoms with Crippen molar-refractivity contribution in [1.82, 2.24) is 0 Å². The molecular weight excluding hydrogens is 119 g/mol. The molecule has 4 N–H and O–H groups in total. The fourth-order valence-electron chi connectivity index (χ4n) is 0.255. The van der Waals surface area contributed by atoms with Gasteiger partial charge in [0.15, 0.2) is 0 Å². The van der Waals surface area contributed by atoms with Gasteiger partial charge in [-0.2, -0.15) is 0 Å². The third-order valence-corrected chi connectivity index (χ3v) is 0.619. The number of rotatable bonds is 2. The van der Waals surface area contributed by atoms with Crippen molar-refractivity contribution >= 4 is 0 Å². The van der Waals surface area contributed by atoms with E-state index in [0.717, 1.165) is 6.08 Å². The molecule has 0 aliphatic heterocycles. The molecule has 0 aromatic rings. The van der Waals surface area contributed by atoms with Crippen LogP contribution in [0.3, 0.4) is 0 Å². The van der Waals surface area contributed by atoms with Crippen molar-refractivity contribution < 1.29 is 4.39 Å². The van der Waals surface area contributed by atoms with Crippen molar-refractivity contribution in [2.45, 2.75) is 0 Å². The number of halogens is 1. The Morgan fingerprint density at radius 1 is 1.33 bits per heavy atom. The molecule has 0 saturated heterocycles. The predicted octanol–water partition coefficient (Wildman–Crippen LogP) is 0.785. The van der Waals surface area contributed by atoms with E-state index in [9.17, 15) is 4.39 Å². The van der Waals surface area contributed by atoms with Crippen LogP contribution in [-0.2, 0) is 0 Å². The molecule has 0 amide bonds. The van der Waals surface area contributed by atoms with Gasteiger partial charge >= 0.3 is 0 Å². The largest absolute Gasteiger partial charge is 0.399 e. The Labute approximate surface area is 53.3 Å². The third-order valence-electron chi connectivity index (χ3n) is 0.619. The minimum Gasteiger partial charge on any atom is -0.399 e. The smallest absolute Gasteiger partial charge is 0.147 e. The summed E-state index contributed by atoms with van der Waals surface area (Å²) in [6, 6.07) is 0. The van der Waals surface area contributed by atoms with Gasteiger partial charge in [0, 0.05) is 5.70 Å². The molecule has 0 radical (unpaired) electrons. The monoisotopic (exact) mass is 128 g/mol. The number of nitrogens with two attached hydrogens (primary N) is 2. The first-order valence-corrected chi connectivity index (χ1v) is 2.30. The van der Waals surface area contributed by atoms with Crippen LogP contribution in [0, 0.1) is 0 Å². The van der Waals surface area contributed by atoms with Gasteiger partial charge in [-0.25, -0.2) is 4.39 Å². The van der Waals surface area contributed by atoms with Crippen LogP contribution in [0.2, 0.25) is 0 Å². The fraction of sp³-hybridized carbons (Fsp3) is 0. The summed E-state index contributed by atoms with van der Waals surface area (Å²) in [5.41, 5.74) is 9.96. The zero-order valence-electron chi connectivity index (χ0n) is 5.02. The van der Waals surface area contributed by atoms with Gasteiger partial charge in [-0.1, -0.05) is 13.2 Å². The molecule has 0 rings (SSSR count). The first-order valence-electron chi connectivity index (χ1n) is 2.30. The van der Waals surface area contributed by atoms with E-state index in [1.54, 1.807) is 0 Å². The van der Waals surface area contributed by atoms with Crippen molar-refractivity contribution in [1.29, 1.82) is 0 Å². The fourth-order valence-corrected chi connectivity index (χ4v) is 0.255. The second-order valence-corrected chi connectivity index (χ2v) is 1.59. The van der Waals surface area contributed by atoms with Crippen molar-refractivity contribution in [3.8, 4) is 0 Å². The van der Waals surface area contributed by atoms with Crippen LogP contribution in [0.15, 0.2) is 36.5 Å². The average Bonchev–Trinajstić information content (AvgIpc) is 1.63. The lowest BCUT2D eigenvalue weighted by molar-refractivity contribution is 0.648. The van der Waals surface area contributed by atoms with Crippen molar-refractivity contribution in [3.05, 3.63) is 36.5 Å². The molecule has 2 nitrogen and oxygen atoms in total. The van der Waals surface area contributed by atoms with E-state index >= 15 is 0 Å². The van der Waals surface area contributed by atoms with Crippen LogP contribution in [0.5, 0.6) is 0 Å². The van der Waals surface area contributed by atoms with Gasteiger partial charge in [0.2, 0.25) is 0 Å². The second-order valence-electron chi connectivity index (χ2n) is 1.59. The van der Waals surface area contributed by atoms with Crippen LogP contribution in [-0.4, -0.2) is 0 Å². The molecule has 0 fully saturated rings. The lowest BCUT2D eigenvalue weighted by atomic mass is 10.3. The molecule has 0 atom stereocenters. The summed E-state index contributed by atoms with van der Waals surface area (Å²) in [6.45, 7) is 6.39. The summed E-state index contributed by atoms with van der Waals surface area (Å²) in [7, 11) is 0. The SMILES string of the molecule is C=C(N)/C=C(/F)C(=C)N. The molecule has 0 spiro atoms. The van der Waals surface area contributed by atoms with Crippen LogP contribution in [0.1, 0.15) is 0 Å². The molecule has 3 heteroatoms. The van der Waals surface area contributed by atoms with E-state index in [2.05, 4.69) is 13.2 Å². The maximum Gasteiger partial charge on any atom is 0.147 e. The summed E-state index contributed by atoms with van der Waals surface area (Å²) < 4.78 is 12.3. The number of allylic oxidation sites excluding steroid dienone is 2. The van der Waals surface area contributed by atoms with Gasteiger partial charge in [0.05, 0.1) is 5.70 Å². The number of hydrogen-bond donors (Lipinski definition) is 2. The molecule has 0 bridgehead atoms. The molecule has 0 aromatic heterocycles. The van der Waals surface area contributed by atoms with Crippen LogP contribution < -0.4 is 11.5 Å². The Hall–Kier alpha value is -1.25. The van der Waals surface area contributed by atoms with Crippen LogP contribution >= 0.6 is 0 Å². The molecule has 50 valence electrons. The summed E-state index contributed by atoms with van der Waals surface area (Å²) >= 11 is 0. The number of hydrogen-bond acceptors (Lipinski definition) is 2. The van der Waals surface area contributed by atoms with E-state index in [0.29, 0.717) is 0 Å². The highest BCUT2D eigenvalue weighted by Crippen LogP contribution is 2.03. The molecule has 9 heavy (non-hydrogen) atoms. The molecule has 0 aromatic carbocycles. The Morgan fingerprint density at radius 3 is 1.89 bits per heavy atom. The quantitative estimate of drug-likeness (QED) is 0.540. The van der Waals surface area contributed by atoms with Gasteiger partial charge in [0.1, 0.15) is 5.83 Å². The van der Waals surface area contributed by atoms with Crippen molar-refractivity contribution in [3.63, 3.8) is 0 Å². The Bertz CT molecular complexity index is 170. The van der Waals surface area contributed by atoms with Crippen molar-refractivity contribution in [2.24, 2.45) is 11.5 Å². The van der Waals surface area contributed by atoms with Gasteiger partial charge in [0.25, 0.3) is 0 Å². The standard InChI is InChI=1S/C6H9FN2/c1-4(8)3-6(7)5(2)9/h3H,1-2,8-9H2/b6-3+. The Morgan fingerprint density at radius 2 is 1.78 bits per heavy atom. The topological polar surface area (TPSA) is 52.0 Å². The molecule has 0 unspecified atom stereocenters. The molecule has 0 aliphatic carbocycles. The zero-order valence-corrected chi connectivity index (χ0v) is 5.02. The minimum absolute atomic E-state index is 0.124. The maximum absolute atomic E-state index is 12.3. The van der Waals surface area contributed by atoms with Crippen LogP contribution in [0.4, 0.5) is 4.39 Å². The lowest BCUT2D eigenvalue weighted by Crippen LogP contribution is -1.97. The first-order chi connectivity index (χ1) is 4.04. The molecular formula is C6H9FN2. The molecule has 0 heterocycles. The Balaban J connectivity index is 4.17. The van der Waals surface area contributed by atoms with E-state index in [1.807, 2.05) is 0 Å². The van der Waals surface area contributed by atoms with E-state index in [4.69, 9.17) is 11.5 Å². The molecule has 0 saturated carbocycles. The third kappa shape index (κ3) is 3.34. The van der Waals surface area contributed by atoms with Crippen LogP contribution in [0.25, 0.3) is 0 Å². The highest BCUT2D eigenvalue weighted by Gasteiger charge is 1.93. The van der Waals surface area contributed by atoms with Gasteiger partial charge in [-0.15, -0.1) is 0 Å². The minimum atomic E-state index is -0.637. The maximum atomic E-state index is 12.3. The second kappa shape index (κ2) is 2.91. The van der Waals surface area contributed by atoms with Gasteiger partial charge in [-0.3, -0.25) is 0 Å². The summed E-state index contributed by atoms with van der Waals surface area (Å²) in [6.07, 6.45) is 1.02. The summed E-state index contributed by atoms with van der Waals surface area (Å²) in [4.78, 5) is 0. The molecule has 0 aliphatic rings. The average molecular weight is 128 g/mol. The van der Waals surface area contributed by atoms with Crippen molar-refractivity contribution in [2.75, 3.05) is 0 Å². The highest BCUT2D eigenvalue weighted by atomic mass is 19.1. The van der Waals surface area contributed by atoms with E-state index in [1.165, 1.54) is 0 Å².